The molecule has 0 atom stereocenters. The highest BCUT2D eigenvalue weighted by atomic mass is 32.1. The first-order chi connectivity index (χ1) is 9.15. The van der Waals surface area contributed by atoms with Crippen LogP contribution in [-0.2, 0) is 11.2 Å². The minimum Gasteiger partial charge on any atom is -0.478 e. The van der Waals surface area contributed by atoms with Crippen molar-refractivity contribution >= 4 is 28.9 Å². The highest BCUT2D eigenvalue weighted by Crippen LogP contribution is 2.32. The monoisotopic (exact) mass is 273 g/mol. The van der Waals surface area contributed by atoms with Crippen LogP contribution in [0.5, 0.6) is 0 Å². The van der Waals surface area contributed by atoms with Crippen LogP contribution in [0.25, 0.3) is 11.1 Å². The van der Waals surface area contributed by atoms with Crippen LogP contribution < -0.4 is 5.32 Å². The second kappa shape index (κ2) is 4.51. The summed E-state index contributed by atoms with van der Waals surface area (Å²) in [6, 6.07) is 5.65. The van der Waals surface area contributed by atoms with E-state index in [1.165, 1.54) is 11.3 Å². The van der Waals surface area contributed by atoms with Crippen LogP contribution in [0.4, 0.5) is 5.69 Å². The number of amides is 1. The number of nitrogens with one attached hydrogen (secondary N) is 1. The topological polar surface area (TPSA) is 66.4 Å². The Kier molecular flexibility index (Phi) is 2.83. The lowest BCUT2D eigenvalue weighted by Gasteiger charge is -2.17. The number of carbonyl (C=O) groups is 2. The predicted octanol–water partition coefficient (Wildman–Crippen LogP) is 3.00. The molecule has 1 aromatic carbocycles. The van der Waals surface area contributed by atoms with E-state index < -0.39 is 5.97 Å². The number of anilines is 1. The van der Waals surface area contributed by atoms with Crippen molar-refractivity contribution in [2.24, 2.45) is 0 Å². The van der Waals surface area contributed by atoms with Crippen molar-refractivity contribution in [2.75, 3.05) is 5.32 Å². The van der Waals surface area contributed by atoms with Crippen LogP contribution in [0.15, 0.2) is 29.0 Å². The molecule has 0 aliphatic carbocycles. The number of fused-ring (bicyclic) bond motifs is 1. The molecule has 1 aromatic heterocycles. The molecule has 2 N–H and O–H groups in total. The van der Waals surface area contributed by atoms with Crippen molar-refractivity contribution in [3.63, 3.8) is 0 Å². The third-order valence-corrected chi connectivity index (χ3v) is 3.95. The number of benzene rings is 1. The minimum absolute atomic E-state index is 0.0296. The predicted molar refractivity (Wildman–Crippen MR) is 73.7 cm³/mol. The summed E-state index contributed by atoms with van der Waals surface area (Å²) in [6.07, 6.45) is 1.17. The Morgan fingerprint density at radius 2 is 2.11 bits per heavy atom. The van der Waals surface area contributed by atoms with Gasteiger partial charge in [0.05, 0.1) is 5.56 Å². The number of aromatic carboxylic acids is 1. The van der Waals surface area contributed by atoms with E-state index in [0.29, 0.717) is 18.4 Å². The van der Waals surface area contributed by atoms with Crippen molar-refractivity contribution in [3.05, 3.63) is 40.1 Å². The first kappa shape index (κ1) is 11.9. The maximum absolute atomic E-state index is 11.3. The van der Waals surface area contributed by atoms with E-state index in [1.54, 1.807) is 5.38 Å². The van der Waals surface area contributed by atoms with Crippen LogP contribution in [-0.4, -0.2) is 17.0 Å². The van der Waals surface area contributed by atoms with Gasteiger partial charge >= 0.3 is 5.97 Å². The second-order valence-electron chi connectivity index (χ2n) is 4.42. The molecular formula is C14H11NO3S. The lowest BCUT2D eigenvalue weighted by Crippen LogP contribution is -2.18. The van der Waals surface area contributed by atoms with Gasteiger partial charge in [0.25, 0.3) is 0 Å². The van der Waals surface area contributed by atoms with Crippen molar-refractivity contribution < 1.29 is 14.7 Å². The quantitative estimate of drug-likeness (QED) is 0.884. The summed E-state index contributed by atoms with van der Waals surface area (Å²) < 4.78 is 0. The maximum atomic E-state index is 11.3. The van der Waals surface area contributed by atoms with E-state index in [4.69, 9.17) is 5.11 Å². The molecule has 0 spiro atoms. The molecular weight excluding hydrogens is 262 g/mol. The van der Waals surface area contributed by atoms with Crippen LogP contribution in [0.3, 0.4) is 0 Å². The molecule has 1 amide bonds. The van der Waals surface area contributed by atoms with Crippen LogP contribution >= 0.6 is 11.3 Å². The van der Waals surface area contributed by atoms with Gasteiger partial charge in [-0.15, -0.1) is 0 Å². The zero-order valence-electron chi connectivity index (χ0n) is 9.97. The summed E-state index contributed by atoms with van der Waals surface area (Å²) in [4.78, 5) is 22.4. The Hall–Kier alpha value is -2.14. The highest BCUT2D eigenvalue weighted by Gasteiger charge is 2.17. The summed E-state index contributed by atoms with van der Waals surface area (Å²) in [6.45, 7) is 0. The van der Waals surface area contributed by atoms with Crippen molar-refractivity contribution in [3.8, 4) is 11.1 Å². The van der Waals surface area contributed by atoms with E-state index in [-0.39, 0.29) is 5.91 Å². The molecule has 4 nitrogen and oxygen atoms in total. The van der Waals surface area contributed by atoms with E-state index in [0.717, 1.165) is 22.4 Å². The smallest absolute Gasteiger partial charge is 0.337 e. The first-order valence-corrected chi connectivity index (χ1v) is 6.82. The van der Waals surface area contributed by atoms with Gasteiger partial charge in [0.15, 0.2) is 0 Å². The fourth-order valence-corrected chi connectivity index (χ4v) is 3.07. The molecule has 0 saturated heterocycles. The molecule has 1 aliphatic heterocycles. The molecule has 0 bridgehead atoms. The molecule has 2 heterocycles. The summed E-state index contributed by atoms with van der Waals surface area (Å²) >= 11 is 1.38. The number of thiophene rings is 1. The van der Waals surface area contributed by atoms with Gasteiger partial charge in [-0.05, 0) is 35.1 Å². The lowest BCUT2D eigenvalue weighted by atomic mass is 9.96. The summed E-state index contributed by atoms with van der Waals surface area (Å²) in [5.74, 6) is -0.885. The standard InChI is InChI=1S/C14H11NO3S/c16-13-4-2-9-5-8(1-3-12(9)15-13)10-6-19-7-11(10)14(17)18/h1,3,5-7H,2,4H2,(H,15,16)(H,17,18). The maximum Gasteiger partial charge on any atom is 0.337 e. The van der Waals surface area contributed by atoms with Gasteiger partial charge in [0.1, 0.15) is 0 Å². The number of rotatable bonds is 2. The summed E-state index contributed by atoms with van der Waals surface area (Å²) in [5.41, 5.74) is 3.82. The second-order valence-corrected chi connectivity index (χ2v) is 5.17. The van der Waals surface area contributed by atoms with E-state index in [1.807, 2.05) is 23.6 Å². The number of carbonyl (C=O) groups excluding carboxylic acids is 1. The fourth-order valence-electron chi connectivity index (χ4n) is 2.24. The Balaban J connectivity index is 2.05. The average Bonchev–Trinajstić information content (AvgIpc) is 2.87. The third kappa shape index (κ3) is 2.13. The zero-order chi connectivity index (χ0) is 13.4. The van der Waals surface area contributed by atoms with Crippen LogP contribution in [0, 0.1) is 0 Å². The van der Waals surface area contributed by atoms with Crippen molar-refractivity contribution in [1.82, 2.24) is 0 Å². The van der Waals surface area contributed by atoms with E-state index in [9.17, 15) is 9.59 Å². The highest BCUT2D eigenvalue weighted by molar-refractivity contribution is 7.08. The van der Waals surface area contributed by atoms with E-state index >= 15 is 0 Å². The van der Waals surface area contributed by atoms with Crippen LogP contribution in [0.2, 0.25) is 0 Å². The Morgan fingerprint density at radius 1 is 1.26 bits per heavy atom. The van der Waals surface area contributed by atoms with Gasteiger partial charge in [-0.25, -0.2) is 4.79 Å². The SMILES string of the molecule is O=C1CCc2cc(-c3cscc3C(=O)O)ccc2N1. The molecule has 19 heavy (non-hydrogen) atoms. The minimum atomic E-state index is -0.915. The molecule has 0 radical (unpaired) electrons. The van der Waals surface area contributed by atoms with Gasteiger partial charge < -0.3 is 10.4 Å². The number of aryl methyl sites for hydroxylation is 1. The molecule has 0 unspecified atom stereocenters. The van der Waals surface area contributed by atoms with Gasteiger partial charge in [0, 0.05) is 23.1 Å². The lowest BCUT2D eigenvalue weighted by molar-refractivity contribution is -0.116. The van der Waals surface area contributed by atoms with Crippen molar-refractivity contribution in [2.45, 2.75) is 12.8 Å². The molecule has 5 heteroatoms. The largest absolute Gasteiger partial charge is 0.478 e. The molecule has 0 fully saturated rings. The summed E-state index contributed by atoms with van der Waals surface area (Å²) in [7, 11) is 0. The van der Waals surface area contributed by atoms with Gasteiger partial charge in [-0.3, -0.25) is 4.79 Å². The molecule has 2 aromatic rings. The molecule has 3 rings (SSSR count). The third-order valence-electron chi connectivity index (χ3n) is 3.20. The molecule has 1 aliphatic rings. The Bertz CT molecular complexity index is 675. The molecule has 0 saturated carbocycles. The molecule has 96 valence electrons. The van der Waals surface area contributed by atoms with Crippen LogP contribution in [0.1, 0.15) is 22.3 Å². The number of carboxylic acids is 1. The van der Waals surface area contributed by atoms with Gasteiger partial charge in [-0.1, -0.05) is 6.07 Å². The first-order valence-electron chi connectivity index (χ1n) is 5.88. The number of carboxylic acid groups (broad SMARTS) is 1. The number of hydrogen-bond donors (Lipinski definition) is 2. The van der Waals surface area contributed by atoms with E-state index in [2.05, 4.69) is 5.32 Å². The average molecular weight is 273 g/mol. The summed E-state index contributed by atoms with van der Waals surface area (Å²) in [5, 5.41) is 15.4. The van der Waals surface area contributed by atoms with Gasteiger partial charge in [-0.2, -0.15) is 11.3 Å². The fraction of sp³-hybridized carbons (Fsp3) is 0.143. The van der Waals surface area contributed by atoms with Crippen molar-refractivity contribution in [1.29, 1.82) is 0 Å². The zero-order valence-corrected chi connectivity index (χ0v) is 10.8. The Morgan fingerprint density at radius 3 is 2.89 bits per heavy atom. The van der Waals surface area contributed by atoms with Gasteiger partial charge in [0.2, 0.25) is 5.91 Å². The number of hydrogen-bond acceptors (Lipinski definition) is 3. The normalized spacial score (nSPS) is 13.8. The Labute approximate surface area is 113 Å².